The van der Waals surface area contributed by atoms with Crippen molar-refractivity contribution in [2.45, 2.75) is 18.4 Å². The minimum absolute atomic E-state index is 0.173. The quantitative estimate of drug-likeness (QED) is 0.775. The highest BCUT2D eigenvalue weighted by molar-refractivity contribution is 6.30. The smallest absolute Gasteiger partial charge is 0.335 e. The highest BCUT2D eigenvalue weighted by Crippen LogP contribution is 2.50. The number of halogens is 1. The predicted molar refractivity (Wildman–Crippen MR) is 91.2 cm³/mol. The van der Waals surface area contributed by atoms with Crippen LogP contribution in [-0.4, -0.2) is 11.1 Å². The van der Waals surface area contributed by atoms with Gasteiger partial charge in [-0.2, -0.15) is 0 Å². The van der Waals surface area contributed by atoms with Gasteiger partial charge in [0, 0.05) is 16.6 Å². The first-order valence-electron chi connectivity index (χ1n) is 7.69. The summed E-state index contributed by atoms with van der Waals surface area (Å²) in [6, 6.07) is 13.3. The number of carboxylic acid groups (broad SMARTS) is 1. The Labute approximate surface area is 139 Å². The fourth-order valence-corrected chi connectivity index (χ4v) is 3.91. The van der Waals surface area contributed by atoms with Gasteiger partial charge in [-0.1, -0.05) is 35.9 Å². The number of carbonyl (C=O) groups is 1. The average Bonchev–Trinajstić information content (AvgIpc) is 3.04. The number of hydrogen-bond acceptors (Lipinski definition) is 2. The van der Waals surface area contributed by atoms with Crippen LogP contribution in [0, 0.1) is 5.92 Å². The molecule has 2 aliphatic rings. The van der Waals surface area contributed by atoms with Crippen molar-refractivity contribution in [1.29, 1.82) is 0 Å². The summed E-state index contributed by atoms with van der Waals surface area (Å²) < 4.78 is 0. The zero-order chi connectivity index (χ0) is 16.0. The monoisotopic (exact) mass is 325 g/mol. The summed E-state index contributed by atoms with van der Waals surface area (Å²) in [7, 11) is 0. The van der Waals surface area contributed by atoms with Crippen LogP contribution < -0.4 is 5.32 Å². The number of fused-ring (bicyclic) bond motifs is 3. The topological polar surface area (TPSA) is 49.3 Å². The number of benzene rings is 2. The Balaban J connectivity index is 1.73. The summed E-state index contributed by atoms with van der Waals surface area (Å²) in [4.78, 5) is 11.0. The third kappa shape index (κ3) is 2.41. The molecule has 2 aromatic carbocycles. The van der Waals surface area contributed by atoms with Crippen LogP contribution in [0.5, 0.6) is 0 Å². The van der Waals surface area contributed by atoms with Crippen LogP contribution in [0.3, 0.4) is 0 Å². The predicted octanol–water partition coefficient (Wildman–Crippen LogP) is 4.86. The SMILES string of the molecule is O=C(O)c1ccc([C@@H]2Nc3ccc(Cl)cc3[C@@H]3C=CC[C@@H]32)cc1. The molecule has 0 amide bonds. The van der Waals surface area contributed by atoms with E-state index in [1.165, 1.54) is 5.56 Å². The summed E-state index contributed by atoms with van der Waals surface area (Å²) in [5.74, 6) is -0.112. The molecule has 1 heterocycles. The molecule has 23 heavy (non-hydrogen) atoms. The Morgan fingerprint density at radius 3 is 2.70 bits per heavy atom. The van der Waals surface area contributed by atoms with Gasteiger partial charge in [0.1, 0.15) is 0 Å². The second-order valence-electron chi connectivity index (χ2n) is 6.13. The fraction of sp³-hybridized carbons (Fsp3) is 0.211. The van der Waals surface area contributed by atoms with E-state index in [9.17, 15) is 4.79 Å². The average molecular weight is 326 g/mol. The van der Waals surface area contributed by atoms with Gasteiger partial charge in [-0.15, -0.1) is 0 Å². The summed E-state index contributed by atoms with van der Waals surface area (Å²) in [5, 5.41) is 13.4. The first kappa shape index (κ1) is 14.3. The van der Waals surface area contributed by atoms with Gasteiger partial charge in [0.05, 0.1) is 11.6 Å². The molecule has 4 rings (SSSR count). The van der Waals surface area contributed by atoms with Gasteiger partial charge >= 0.3 is 5.97 Å². The van der Waals surface area contributed by atoms with E-state index in [4.69, 9.17) is 16.7 Å². The largest absolute Gasteiger partial charge is 0.478 e. The number of rotatable bonds is 2. The molecule has 0 saturated heterocycles. The Morgan fingerprint density at radius 1 is 1.17 bits per heavy atom. The van der Waals surface area contributed by atoms with Crippen LogP contribution in [0.4, 0.5) is 5.69 Å². The van der Waals surface area contributed by atoms with Crippen molar-refractivity contribution in [3.8, 4) is 0 Å². The summed E-state index contributed by atoms with van der Waals surface area (Å²) >= 11 is 6.16. The van der Waals surface area contributed by atoms with E-state index >= 15 is 0 Å². The highest BCUT2D eigenvalue weighted by Gasteiger charge is 2.37. The van der Waals surface area contributed by atoms with Crippen LogP contribution in [0.1, 0.15) is 39.9 Å². The summed E-state index contributed by atoms with van der Waals surface area (Å²) in [6.07, 6.45) is 5.50. The van der Waals surface area contributed by atoms with Gasteiger partial charge in [-0.05, 0) is 53.8 Å². The van der Waals surface area contributed by atoms with Crippen molar-refractivity contribution in [3.05, 3.63) is 76.3 Å². The van der Waals surface area contributed by atoms with E-state index in [0.717, 1.165) is 22.7 Å². The lowest BCUT2D eigenvalue weighted by atomic mass is 9.77. The number of nitrogens with one attached hydrogen (secondary N) is 1. The van der Waals surface area contributed by atoms with Crippen molar-refractivity contribution in [2.75, 3.05) is 5.32 Å². The molecule has 3 atom stereocenters. The molecule has 0 fully saturated rings. The molecule has 1 aliphatic carbocycles. The molecule has 0 aromatic heterocycles. The Bertz CT molecular complexity index is 798. The molecule has 0 saturated carbocycles. The lowest BCUT2D eigenvalue weighted by molar-refractivity contribution is 0.0697. The molecule has 2 aromatic rings. The molecule has 0 spiro atoms. The normalized spacial score (nSPS) is 24.7. The van der Waals surface area contributed by atoms with E-state index < -0.39 is 5.97 Å². The number of hydrogen-bond donors (Lipinski definition) is 2. The molecule has 1 aliphatic heterocycles. The van der Waals surface area contributed by atoms with Crippen LogP contribution in [0.15, 0.2) is 54.6 Å². The minimum atomic E-state index is -0.895. The molecular formula is C19H16ClNO2. The van der Waals surface area contributed by atoms with E-state index in [1.807, 2.05) is 30.3 Å². The van der Waals surface area contributed by atoms with Gasteiger partial charge in [0.2, 0.25) is 0 Å². The zero-order valence-electron chi connectivity index (χ0n) is 12.4. The van der Waals surface area contributed by atoms with Gasteiger partial charge in [0.15, 0.2) is 0 Å². The number of aromatic carboxylic acids is 1. The molecule has 116 valence electrons. The first-order chi connectivity index (χ1) is 11.1. The van der Waals surface area contributed by atoms with Gasteiger partial charge < -0.3 is 10.4 Å². The number of carboxylic acids is 1. The zero-order valence-corrected chi connectivity index (χ0v) is 13.1. The fourth-order valence-electron chi connectivity index (χ4n) is 3.73. The van der Waals surface area contributed by atoms with Crippen LogP contribution in [-0.2, 0) is 0 Å². The molecular weight excluding hydrogens is 310 g/mol. The van der Waals surface area contributed by atoms with Crippen molar-refractivity contribution < 1.29 is 9.90 Å². The lowest BCUT2D eigenvalue weighted by Gasteiger charge is -2.37. The van der Waals surface area contributed by atoms with E-state index in [2.05, 4.69) is 17.5 Å². The first-order valence-corrected chi connectivity index (χ1v) is 8.07. The Kier molecular flexibility index (Phi) is 3.38. The van der Waals surface area contributed by atoms with Crippen LogP contribution >= 0.6 is 11.6 Å². The van der Waals surface area contributed by atoms with Crippen molar-refractivity contribution >= 4 is 23.3 Å². The molecule has 3 nitrogen and oxygen atoms in total. The lowest BCUT2D eigenvalue weighted by Crippen LogP contribution is -2.29. The van der Waals surface area contributed by atoms with Crippen molar-refractivity contribution in [3.63, 3.8) is 0 Å². The molecule has 0 unspecified atom stereocenters. The third-order valence-corrected chi connectivity index (χ3v) is 5.08. The van der Waals surface area contributed by atoms with Crippen molar-refractivity contribution in [2.24, 2.45) is 5.92 Å². The summed E-state index contributed by atoms with van der Waals surface area (Å²) in [6.45, 7) is 0. The van der Waals surface area contributed by atoms with E-state index in [0.29, 0.717) is 17.4 Å². The minimum Gasteiger partial charge on any atom is -0.478 e. The van der Waals surface area contributed by atoms with Gasteiger partial charge in [-0.25, -0.2) is 4.79 Å². The maximum absolute atomic E-state index is 11.0. The van der Waals surface area contributed by atoms with Gasteiger partial charge in [0.25, 0.3) is 0 Å². The highest BCUT2D eigenvalue weighted by atomic mass is 35.5. The second-order valence-corrected chi connectivity index (χ2v) is 6.57. The number of anilines is 1. The molecule has 0 bridgehead atoms. The molecule has 2 N–H and O–H groups in total. The standard InChI is InChI=1S/C19H16ClNO2/c20-13-8-9-17-16(10-13)14-2-1-3-15(14)18(21-17)11-4-6-12(7-5-11)19(22)23/h1-2,4-10,14-15,18,21H,3H2,(H,22,23)/t14-,15+,18+/m1/s1. The molecule has 4 heteroatoms. The third-order valence-electron chi connectivity index (χ3n) is 4.84. The van der Waals surface area contributed by atoms with Crippen LogP contribution in [0.2, 0.25) is 5.02 Å². The second kappa shape index (κ2) is 5.43. The Morgan fingerprint density at radius 2 is 1.96 bits per heavy atom. The summed E-state index contributed by atoms with van der Waals surface area (Å²) in [5.41, 5.74) is 3.79. The van der Waals surface area contributed by atoms with Gasteiger partial charge in [-0.3, -0.25) is 0 Å². The van der Waals surface area contributed by atoms with Crippen LogP contribution in [0.25, 0.3) is 0 Å². The maximum atomic E-state index is 11.0. The van der Waals surface area contributed by atoms with E-state index in [-0.39, 0.29) is 6.04 Å². The van der Waals surface area contributed by atoms with Crippen molar-refractivity contribution in [1.82, 2.24) is 0 Å². The molecule has 0 radical (unpaired) electrons. The maximum Gasteiger partial charge on any atom is 0.335 e. The Hall–Kier alpha value is -2.26. The number of allylic oxidation sites excluding steroid dienone is 2. The van der Waals surface area contributed by atoms with E-state index in [1.54, 1.807) is 12.1 Å².